The van der Waals surface area contributed by atoms with Crippen molar-refractivity contribution in [2.75, 3.05) is 6.54 Å². The molecule has 2 aromatic rings. The van der Waals surface area contributed by atoms with Gasteiger partial charge in [-0.3, -0.25) is 9.89 Å². The van der Waals surface area contributed by atoms with Crippen LogP contribution < -0.4 is 5.32 Å². The van der Waals surface area contributed by atoms with Crippen LogP contribution in [0.2, 0.25) is 5.02 Å². The Morgan fingerprint density at radius 3 is 2.78 bits per heavy atom. The molecule has 0 aliphatic carbocycles. The van der Waals surface area contributed by atoms with E-state index in [-0.39, 0.29) is 5.91 Å². The number of nitrogens with zero attached hydrogens (tertiary/aromatic N) is 2. The number of nitrogens with one attached hydrogen (secondary N) is 2. The van der Waals surface area contributed by atoms with Crippen LogP contribution in [0.3, 0.4) is 0 Å². The number of aromatic amines is 1. The maximum atomic E-state index is 11.7. The summed E-state index contributed by atoms with van der Waals surface area (Å²) < 4.78 is 0. The second-order valence-electron chi connectivity index (χ2n) is 3.80. The summed E-state index contributed by atoms with van der Waals surface area (Å²) in [6, 6.07) is 6.80. The van der Waals surface area contributed by atoms with Gasteiger partial charge in [0.15, 0.2) is 0 Å². The van der Waals surface area contributed by atoms with E-state index in [0.29, 0.717) is 17.1 Å². The fourth-order valence-electron chi connectivity index (χ4n) is 1.51. The highest BCUT2D eigenvalue weighted by Gasteiger charge is 2.04. The summed E-state index contributed by atoms with van der Waals surface area (Å²) >= 11 is 5.75. The Morgan fingerprint density at radius 1 is 1.33 bits per heavy atom. The van der Waals surface area contributed by atoms with Crippen molar-refractivity contribution >= 4 is 17.5 Å². The van der Waals surface area contributed by atoms with Crippen LogP contribution in [-0.2, 0) is 6.42 Å². The van der Waals surface area contributed by atoms with Crippen molar-refractivity contribution < 1.29 is 4.79 Å². The van der Waals surface area contributed by atoms with E-state index in [2.05, 4.69) is 20.5 Å². The van der Waals surface area contributed by atoms with Crippen molar-refractivity contribution in [3.8, 4) is 0 Å². The predicted octanol–water partition coefficient (Wildman–Crippen LogP) is 1.82. The van der Waals surface area contributed by atoms with Gasteiger partial charge in [0.05, 0.1) is 0 Å². The molecule has 0 aliphatic heterocycles. The zero-order valence-electron chi connectivity index (χ0n) is 9.69. The van der Waals surface area contributed by atoms with Crippen LogP contribution in [0.1, 0.15) is 22.6 Å². The second kappa shape index (κ2) is 6.16. The number of H-pyrrole nitrogens is 1. The van der Waals surface area contributed by atoms with E-state index in [4.69, 9.17) is 11.6 Å². The summed E-state index contributed by atoms with van der Waals surface area (Å²) in [5, 5.41) is 9.99. The third-order valence-corrected chi connectivity index (χ3v) is 2.70. The molecule has 1 amide bonds. The number of aryl methyl sites for hydroxylation is 1. The van der Waals surface area contributed by atoms with Gasteiger partial charge in [-0.2, -0.15) is 5.10 Å². The molecular weight excluding hydrogens is 252 g/mol. The highest BCUT2D eigenvalue weighted by Crippen LogP contribution is 2.09. The summed E-state index contributed by atoms with van der Waals surface area (Å²) in [6.07, 6.45) is 3.05. The van der Waals surface area contributed by atoms with Gasteiger partial charge in [0.25, 0.3) is 5.91 Å². The van der Waals surface area contributed by atoms with Crippen LogP contribution in [-0.4, -0.2) is 27.6 Å². The molecule has 6 heteroatoms. The molecule has 0 radical (unpaired) electrons. The number of aromatic nitrogens is 3. The molecule has 0 aliphatic rings. The zero-order chi connectivity index (χ0) is 12.8. The van der Waals surface area contributed by atoms with Crippen LogP contribution >= 0.6 is 11.6 Å². The minimum Gasteiger partial charge on any atom is -0.352 e. The fraction of sp³-hybridized carbons (Fsp3) is 0.250. The lowest BCUT2D eigenvalue weighted by molar-refractivity contribution is 0.0953. The quantitative estimate of drug-likeness (QED) is 0.810. The highest BCUT2D eigenvalue weighted by atomic mass is 35.5. The molecule has 1 aromatic carbocycles. The first kappa shape index (κ1) is 12.6. The molecule has 5 nitrogen and oxygen atoms in total. The normalized spacial score (nSPS) is 10.3. The van der Waals surface area contributed by atoms with E-state index in [9.17, 15) is 4.79 Å². The van der Waals surface area contributed by atoms with Crippen molar-refractivity contribution in [1.29, 1.82) is 0 Å². The van der Waals surface area contributed by atoms with Gasteiger partial charge in [-0.15, -0.1) is 0 Å². The van der Waals surface area contributed by atoms with Crippen molar-refractivity contribution in [2.24, 2.45) is 0 Å². The van der Waals surface area contributed by atoms with E-state index in [0.717, 1.165) is 18.7 Å². The molecule has 2 N–H and O–H groups in total. The van der Waals surface area contributed by atoms with Gasteiger partial charge >= 0.3 is 0 Å². The average Bonchev–Trinajstić information content (AvgIpc) is 2.88. The topological polar surface area (TPSA) is 70.7 Å². The summed E-state index contributed by atoms with van der Waals surface area (Å²) in [7, 11) is 0. The average molecular weight is 265 g/mol. The van der Waals surface area contributed by atoms with Crippen molar-refractivity contribution in [2.45, 2.75) is 12.8 Å². The Balaban J connectivity index is 1.73. The van der Waals surface area contributed by atoms with Gasteiger partial charge in [0.1, 0.15) is 12.2 Å². The molecule has 0 fully saturated rings. The number of rotatable bonds is 5. The van der Waals surface area contributed by atoms with Crippen LogP contribution in [0.15, 0.2) is 30.6 Å². The third-order valence-electron chi connectivity index (χ3n) is 2.45. The second-order valence-corrected chi connectivity index (χ2v) is 4.23. The van der Waals surface area contributed by atoms with Crippen LogP contribution in [0.25, 0.3) is 0 Å². The van der Waals surface area contributed by atoms with Gasteiger partial charge in [-0.1, -0.05) is 11.6 Å². The summed E-state index contributed by atoms with van der Waals surface area (Å²) in [5.74, 6) is 0.736. The lowest BCUT2D eigenvalue weighted by Crippen LogP contribution is -2.24. The maximum absolute atomic E-state index is 11.7. The highest BCUT2D eigenvalue weighted by molar-refractivity contribution is 6.30. The minimum atomic E-state index is -0.0933. The summed E-state index contributed by atoms with van der Waals surface area (Å²) in [6.45, 7) is 0.599. The van der Waals surface area contributed by atoms with Gasteiger partial charge < -0.3 is 5.32 Å². The molecule has 94 valence electrons. The van der Waals surface area contributed by atoms with Gasteiger partial charge in [0, 0.05) is 23.6 Å². The number of hydrogen-bond acceptors (Lipinski definition) is 3. The Bertz CT molecular complexity index is 495. The Hall–Kier alpha value is -1.88. The molecular formula is C12H13ClN4O. The molecule has 2 rings (SSSR count). The smallest absolute Gasteiger partial charge is 0.251 e. The number of carbonyl (C=O) groups excluding carboxylic acids is 1. The first-order chi connectivity index (χ1) is 8.75. The van der Waals surface area contributed by atoms with Gasteiger partial charge in [-0.05, 0) is 30.7 Å². The lowest BCUT2D eigenvalue weighted by Gasteiger charge is -2.04. The first-order valence-corrected chi connectivity index (χ1v) is 6.01. The van der Waals surface area contributed by atoms with Gasteiger partial charge in [-0.25, -0.2) is 4.98 Å². The molecule has 0 saturated heterocycles. The number of carbonyl (C=O) groups is 1. The first-order valence-electron chi connectivity index (χ1n) is 5.64. The van der Waals surface area contributed by atoms with Crippen molar-refractivity contribution in [1.82, 2.24) is 20.5 Å². The summed E-state index contributed by atoms with van der Waals surface area (Å²) in [5.41, 5.74) is 0.610. The Kier molecular flexibility index (Phi) is 4.30. The standard InChI is InChI=1S/C12H13ClN4O/c13-10-5-3-9(4-6-10)12(18)14-7-1-2-11-15-8-16-17-11/h3-6,8H,1-2,7H2,(H,14,18)(H,15,16,17). The van der Waals surface area contributed by atoms with E-state index in [1.807, 2.05) is 0 Å². The third kappa shape index (κ3) is 3.56. The van der Waals surface area contributed by atoms with Crippen molar-refractivity contribution in [3.63, 3.8) is 0 Å². The predicted molar refractivity (Wildman–Crippen MR) is 68.5 cm³/mol. The van der Waals surface area contributed by atoms with E-state index >= 15 is 0 Å². The minimum absolute atomic E-state index is 0.0933. The number of halogens is 1. The Labute approximate surface area is 110 Å². The lowest BCUT2D eigenvalue weighted by atomic mass is 10.2. The molecule has 0 saturated carbocycles. The molecule has 18 heavy (non-hydrogen) atoms. The molecule has 0 bridgehead atoms. The molecule has 1 heterocycles. The maximum Gasteiger partial charge on any atom is 0.251 e. The number of benzene rings is 1. The monoisotopic (exact) mass is 264 g/mol. The number of hydrogen-bond donors (Lipinski definition) is 2. The summed E-state index contributed by atoms with van der Waals surface area (Å²) in [4.78, 5) is 15.7. The molecule has 0 spiro atoms. The van der Waals surface area contributed by atoms with Crippen LogP contribution in [0.4, 0.5) is 0 Å². The van der Waals surface area contributed by atoms with Crippen molar-refractivity contribution in [3.05, 3.63) is 47.0 Å². The largest absolute Gasteiger partial charge is 0.352 e. The van der Waals surface area contributed by atoms with E-state index < -0.39 is 0 Å². The van der Waals surface area contributed by atoms with Crippen LogP contribution in [0.5, 0.6) is 0 Å². The zero-order valence-corrected chi connectivity index (χ0v) is 10.4. The van der Waals surface area contributed by atoms with Crippen LogP contribution in [0, 0.1) is 0 Å². The van der Waals surface area contributed by atoms with E-state index in [1.54, 1.807) is 24.3 Å². The number of amides is 1. The molecule has 0 atom stereocenters. The molecule has 1 aromatic heterocycles. The van der Waals surface area contributed by atoms with E-state index in [1.165, 1.54) is 6.33 Å². The SMILES string of the molecule is O=C(NCCCc1ncn[nH]1)c1ccc(Cl)cc1. The fourth-order valence-corrected chi connectivity index (χ4v) is 1.64. The Morgan fingerprint density at radius 2 is 2.11 bits per heavy atom. The molecule has 0 unspecified atom stereocenters. The van der Waals surface area contributed by atoms with Gasteiger partial charge in [0.2, 0.25) is 0 Å².